The second-order valence-corrected chi connectivity index (χ2v) is 4.70. The van der Waals surface area contributed by atoms with Crippen LogP contribution in [0.15, 0.2) is 18.2 Å². The molecular formula is C14H17FO3. The average Bonchev–Trinajstić information content (AvgIpc) is 2.31. The number of ketones is 1. The number of hydrogen-bond acceptors (Lipinski definition) is 3. The molecule has 0 heterocycles. The number of rotatable bonds is 5. The predicted octanol–water partition coefficient (Wildman–Crippen LogP) is 2.57. The summed E-state index contributed by atoms with van der Waals surface area (Å²) in [4.78, 5) is 12.2. The van der Waals surface area contributed by atoms with Gasteiger partial charge in [0.05, 0.1) is 18.6 Å². The van der Waals surface area contributed by atoms with Crippen molar-refractivity contribution < 1.29 is 19.0 Å². The van der Waals surface area contributed by atoms with Gasteiger partial charge in [-0.2, -0.15) is 0 Å². The topological polar surface area (TPSA) is 46.5 Å². The summed E-state index contributed by atoms with van der Waals surface area (Å²) in [7, 11) is 0. The first-order valence-electron chi connectivity index (χ1n) is 6.21. The van der Waals surface area contributed by atoms with Gasteiger partial charge in [-0.3, -0.25) is 4.79 Å². The summed E-state index contributed by atoms with van der Waals surface area (Å²) in [6.07, 6.45) is 2.29. The largest absolute Gasteiger partial charge is 0.491 e. The molecule has 0 aliphatic heterocycles. The van der Waals surface area contributed by atoms with Crippen LogP contribution in [0.1, 0.15) is 36.5 Å². The number of Topliss-reactive ketones (excluding diaryl/α,β-unsaturated/α-hetero) is 1. The standard InChI is InChI=1S/C14H17FO3/c1-2-18-12-5-4-10(8-11(12)15)13(17)14(9-16)6-3-7-14/h4-5,8,16H,2-3,6-7,9H2,1H3. The fraction of sp³-hybridized carbons (Fsp3) is 0.500. The van der Waals surface area contributed by atoms with E-state index in [-0.39, 0.29) is 18.1 Å². The molecule has 0 radical (unpaired) electrons. The van der Waals surface area contributed by atoms with Crippen molar-refractivity contribution in [1.29, 1.82) is 0 Å². The number of aliphatic hydroxyl groups is 1. The Morgan fingerprint density at radius 2 is 2.22 bits per heavy atom. The molecule has 1 aliphatic carbocycles. The van der Waals surface area contributed by atoms with E-state index in [2.05, 4.69) is 0 Å². The highest BCUT2D eigenvalue weighted by molar-refractivity contribution is 6.01. The number of hydrogen-bond donors (Lipinski definition) is 1. The van der Waals surface area contributed by atoms with Crippen LogP contribution in [0.2, 0.25) is 0 Å². The van der Waals surface area contributed by atoms with Crippen LogP contribution < -0.4 is 4.74 Å². The zero-order valence-corrected chi connectivity index (χ0v) is 10.4. The van der Waals surface area contributed by atoms with Crippen molar-refractivity contribution in [2.75, 3.05) is 13.2 Å². The Bertz CT molecular complexity index is 447. The van der Waals surface area contributed by atoms with E-state index in [1.54, 1.807) is 13.0 Å². The highest BCUT2D eigenvalue weighted by atomic mass is 19.1. The highest BCUT2D eigenvalue weighted by Gasteiger charge is 2.43. The smallest absolute Gasteiger partial charge is 0.171 e. The van der Waals surface area contributed by atoms with Crippen molar-refractivity contribution in [3.63, 3.8) is 0 Å². The van der Waals surface area contributed by atoms with Gasteiger partial charge < -0.3 is 9.84 Å². The van der Waals surface area contributed by atoms with Crippen molar-refractivity contribution in [1.82, 2.24) is 0 Å². The van der Waals surface area contributed by atoms with Gasteiger partial charge in [-0.1, -0.05) is 6.42 Å². The molecule has 98 valence electrons. The maximum Gasteiger partial charge on any atom is 0.171 e. The van der Waals surface area contributed by atoms with Gasteiger partial charge in [-0.05, 0) is 38.0 Å². The molecule has 4 heteroatoms. The number of ether oxygens (including phenoxy) is 1. The Morgan fingerprint density at radius 1 is 1.50 bits per heavy atom. The molecule has 1 N–H and O–H groups in total. The lowest BCUT2D eigenvalue weighted by atomic mass is 9.65. The maximum absolute atomic E-state index is 13.7. The van der Waals surface area contributed by atoms with Crippen LogP contribution in [0.5, 0.6) is 5.75 Å². The van der Waals surface area contributed by atoms with Crippen LogP contribution in [0, 0.1) is 11.2 Å². The molecule has 0 amide bonds. The zero-order chi connectivity index (χ0) is 13.2. The number of halogens is 1. The molecular weight excluding hydrogens is 235 g/mol. The molecule has 0 atom stereocenters. The first kappa shape index (κ1) is 13.0. The van der Waals surface area contributed by atoms with Crippen LogP contribution in [0.25, 0.3) is 0 Å². The molecule has 1 aromatic carbocycles. The minimum Gasteiger partial charge on any atom is -0.491 e. The Balaban J connectivity index is 2.23. The normalized spacial score (nSPS) is 17.1. The van der Waals surface area contributed by atoms with Gasteiger partial charge in [-0.25, -0.2) is 4.39 Å². The third-order valence-corrected chi connectivity index (χ3v) is 3.59. The zero-order valence-electron chi connectivity index (χ0n) is 10.4. The van der Waals surface area contributed by atoms with E-state index in [9.17, 15) is 14.3 Å². The monoisotopic (exact) mass is 252 g/mol. The maximum atomic E-state index is 13.7. The number of benzene rings is 1. The van der Waals surface area contributed by atoms with Crippen molar-refractivity contribution >= 4 is 5.78 Å². The van der Waals surface area contributed by atoms with E-state index >= 15 is 0 Å². The molecule has 0 bridgehead atoms. The average molecular weight is 252 g/mol. The molecule has 0 aromatic heterocycles. The first-order chi connectivity index (χ1) is 8.63. The Labute approximate surface area is 106 Å². The van der Waals surface area contributed by atoms with Crippen LogP contribution in [0.4, 0.5) is 4.39 Å². The van der Waals surface area contributed by atoms with Gasteiger partial charge in [0, 0.05) is 5.56 Å². The summed E-state index contributed by atoms with van der Waals surface area (Å²) in [6.45, 7) is 1.99. The molecule has 0 spiro atoms. The van der Waals surface area contributed by atoms with E-state index in [1.807, 2.05) is 0 Å². The molecule has 2 rings (SSSR count). The predicted molar refractivity (Wildman–Crippen MR) is 65.3 cm³/mol. The quantitative estimate of drug-likeness (QED) is 0.819. The Hall–Kier alpha value is -1.42. The van der Waals surface area contributed by atoms with E-state index in [1.165, 1.54) is 12.1 Å². The van der Waals surface area contributed by atoms with Crippen molar-refractivity contribution in [2.24, 2.45) is 5.41 Å². The van der Waals surface area contributed by atoms with Crippen molar-refractivity contribution in [3.05, 3.63) is 29.6 Å². The molecule has 1 saturated carbocycles. The fourth-order valence-corrected chi connectivity index (χ4v) is 2.28. The summed E-state index contributed by atoms with van der Waals surface area (Å²) in [6, 6.07) is 4.23. The van der Waals surface area contributed by atoms with Gasteiger partial charge in [0.25, 0.3) is 0 Å². The molecule has 1 aromatic rings. The minimum absolute atomic E-state index is 0.153. The van der Waals surface area contributed by atoms with Crippen molar-refractivity contribution in [2.45, 2.75) is 26.2 Å². The van der Waals surface area contributed by atoms with Crippen molar-refractivity contribution in [3.8, 4) is 5.75 Å². The molecule has 3 nitrogen and oxygen atoms in total. The third-order valence-electron chi connectivity index (χ3n) is 3.59. The number of carbonyl (C=O) groups is 1. The third kappa shape index (κ3) is 2.12. The lowest BCUT2D eigenvalue weighted by molar-refractivity contribution is 0.0347. The van der Waals surface area contributed by atoms with E-state index in [0.717, 1.165) is 6.42 Å². The molecule has 1 fully saturated rings. The Kier molecular flexibility index (Phi) is 3.66. The van der Waals surface area contributed by atoms with Crippen LogP contribution in [-0.2, 0) is 0 Å². The number of aliphatic hydroxyl groups excluding tert-OH is 1. The molecule has 18 heavy (non-hydrogen) atoms. The molecule has 1 aliphatic rings. The summed E-state index contributed by atoms with van der Waals surface area (Å²) < 4.78 is 18.8. The summed E-state index contributed by atoms with van der Waals surface area (Å²) in [5.74, 6) is -0.547. The van der Waals surface area contributed by atoms with Gasteiger partial charge in [0.1, 0.15) is 0 Å². The van der Waals surface area contributed by atoms with Crippen LogP contribution in [0.3, 0.4) is 0 Å². The van der Waals surface area contributed by atoms with E-state index in [0.29, 0.717) is 25.0 Å². The lowest BCUT2D eigenvalue weighted by Crippen LogP contribution is -2.41. The summed E-state index contributed by atoms with van der Waals surface area (Å²) in [5, 5.41) is 9.34. The second kappa shape index (κ2) is 5.06. The van der Waals surface area contributed by atoms with E-state index < -0.39 is 11.2 Å². The van der Waals surface area contributed by atoms with Gasteiger partial charge in [-0.15, -0.1) is 0 Å². The highest BCUT2D eigenvalue weighted by Crippen LogP contribution is 2.43. The summed E-state index contributed by atoms with van der Waals surface area (Å²) >= 11 is 0. The van der Waals surface area contributed by atoms with Gasteiger partial charge in [0.2, 0.25) is 0 Å². The molecule has 0 saturated heterocycles. The fourth-order valence-electron chi connectivity index (χ4n) is 2.28. The summed E-state index contributed by atoms with van der Waals surface area (Å²) in [5.41, 5.74) is -0.371. The van der Waals surface area contributed by atoms with Crippen LogP contribution in [-0.4, -0.2) is 24.1 Å². The van der Waals surface area contributed by atoms with Crippen LogP contribution >= 0.6 is 0 Å². The molecule has 0 unspecified atom stereocenters. The minimum atomic E-state index is -0.681. The number of carbonyl (C=O) groups excluding carboxylic acids is 1. The van der Waals surface area contributed by atoms with Gasteiger partial charge >= 0.3 is 0 Å². The Morgan fingerprint density at radius 3 is 2.67 bits per heavy atom. The first-order valence-corrected chi connectivity index (χ1v) is 6.21. The SMILES string of the molecule is CCOc1ccc(C(=O)C2(CO)CCC2)cc1F. The van der Waals surface area contributed by atoms with E-state index in [4.69, 9.17) is 4.74 Å². The lowest BCUT2D eigenvalue weighted by Gasteiger charge is -2.38. The van der Waals surface area contributed by atoms with Gasteiger partial charge in [0.15, 0.2) is 17.3 Å². The second-order valence-electron chi connectivity index (χ2n) is 4.70.